The van der Waals surface area contributed by atoms with E-state index in [0.717, 1.165) is 19.4 Å². The van der Waals surface area contributed by atoms with Crippen LogP contribution < -0.4 is 5.32 Å². The fourth-order valence-electron chi connectivity index (χ4n) is 3.58. The van der Waals surface area contributed by atoms with Crippen LogP contribution in [0.25, 0.3) is 0 Å². The number of rotatable bonds is 8. The first kappa shape index (κ1) is 18.2. The van der Waals surface area contributed by atoms with Gasteiger partial charge in [-0.1, -0.05) is 44.5 Å². The second-order valence-corrected chi connectivity index (χ2v) is 6.45. The Bertz CT molecular complexity index is 433. The number of nitrogens with zero attached hydrogens (tertiary/aromatic N) is 1. The van der Waals surface area contributed by atoms with E-state index in [2.05, 4.69) is 77.1 Å². The largest absolute Gasteiger partial charge is 0.308 e. The zero-order valence-corrected chi connectivity index (χ0v) is 15.1. The highest BCUT2D eigenvalue weighted by Crippen LogP contribution is 2.37. The summed E-state index contributed by atoms with van der Waals surface area (Å²) in [6, 6.07) is 7.25. The molecule has 1 aromatic rings. The fraction of sp³-hybridized carbons (Fsp3) is 0.684. The molecule has 120 valence electrons. The van der Waals surface area contributed by atoms with E-state index in [9.17, 15) is 0 Å². The van der Waals surface area contributed by atoms with Gasteiger partial charge >= 0.3 is 0 Å². The van der Waals surface area contributed by atoms with E-state index in [-0.39, 0.29) is 5.54 Å². The van der Waals surface area contributed by atoms with Gasteiger partial charge < -0.3 is 10.2 Å². The first-order valence-electron chi connectivity index (χ1n) is 8.40. The monoisotopic (exact) mass is 290 g/mol. The minimum absolute atomic E-state index is 0.162. The third-order valence-electron chi connectivity index (χ3n) is 4.99. The predicted octanol–water partition coefficient (Wildman–Crippen LogP) is 4.46. The molecule has 1 rings (SSSR count). The van der Waals surface area contributed by atoms with Crippen LogP contribution in [-0.2, 0) is 0 Å². The topological polar surface area (TPSA) is 15.3 Å². The van der Waals surface area contributed by atoms with Gasteiger partial charge in [0.2, 0.25) is 0 Å². The lowest BCUT2D eigenvalue weighted by atomic mass is 9.78. The molecule has 0 radical (unpaired) electrons. The van der Waals surface area contributed by atoms with Crippen molar-refractivity contribution in [1.29, 1.82) is 0 Å². The summed E-state index contributed by atoms with van der Waals surface area (Å²) < 4.78 is 0. The average Bonchev–Trinajstić information content (AvgIpc) is 2.44. The van der Waals surface area contributed by atoms with Crippen LogP contribution in [0, 0.1) is 13.8 Å². The Hall–Kier alpha value is -0.860. The Morgan fingerprint density at radius 1 is 1.10 bits per heavy atom. The lowest BCUT2D eigenvalue weighted by Crippen LogP contribution is -2.53. The molecule has 21 heavy (non-hydrogen) atoms. The van der Waals surface area contributed by atoms with Gasteiger partial charge in [-0.15, -0.1) is 0 Å². The molecule has 0 saturated carbocycles. The molecule has 0 fully saturated rings. The summed E-state index contributed by atoms with van der Waals surface area (Å²) in [5.74, 6) is 0. The highest BCUT2D eigenvalue weighted by atomic mass is 15.2. The molecule has 0 heterocycles. The van der Waals surface area contributed by atoms with E-state index in [0.29, 0.717) is 6.04 Å². The zero-order valence-electron chi connectivity index (χ0n) is 15.1. The van der Waals surface area contributed by atoms with Crippen LogP contribution in [0.1, 0.15) is 62.8 Å². The second kappa shape index (κ2) is 7.95. The van der Waals surface area contributed by atoms with Crippen LogP contribution in [0.2, 0.25) is 0 Å². The molecule has 0 aliphatic carbocycles. The Labute approximate surface area is 131 Å². The van der Waals surface area contributed by atoms with Gasteiger partial charge in [0.1, 0.15) is 0 Å². The molecule has 1 unspecified atom stereocenters. The van der Waals surface area contributed by atoms with Crippen LogP contribution in [0.5, 0.6) is 0 Å². The third kappa shape index (κ3) is 3.87. The number of hydrogen-bond acceptors (Lipinski definition) is 2. The van der Waals surface area contributed by atoms with Crippen molar-refractivity contribution in [3.05, 3.63) is 34.9 Å². The smallest absolute Gasteiger partial charge is 0.0509 e. The molecule has 1 atom stereocenters. The molecule has 1 aromatic carbocycles. The quantitative estimate of drug-likeness (QED) is 0.760. The number of benzene rings is 1. The maximum Gasteiger partial charge on any atom is 0.0509 e. The third-order valence-corrected chi connectivity index (χ3v) is 4.99. The van der Waals surface area contributed by atoms with Crippen molar-refractivity contribution in [3.63, 3.8) is 0 Å². The number of hydrogen-bond donors (Lipinski definition) is 1. The van der Waals surface area contributed by atoms with Crippen LogP contribution >= 0.6 is 0 Å². The van der Waals surface area contributed by atoms with Crippen molar-refractivity contribution in [2.75, 3.05) is 20.6 Å². The molecule has 0 spiro atoms. The van der Waals surface area contributed by atoms with Gasteiger partial charge in [0.05, 0.1) is 6.04 Å². The Morgan fingerprint density at radius 3 is 2.14 bits per heavy atom. The number of nitrogens with one attached hydrogen (secondary N) is 1. The molecule has 0 bridgehead atoms. The molecule has 0 aliphatic rings. The summed E-state index contributed by atoms with van der Waals surface area (Å²) in [5, 5.41) is 3.83. The summed E-state index contributed by atoms with van der Waals surface area (Å²) in [6.07, 6.45) is 3.45. The normalized spacial score (nSPS) is 13.7. The Balaban J connectivity index is 3.32. The first-order valence-corrected chi connectivity index (χ1v) is 8.40. The highest BCUT2D eigenvalue weighted by molar-refractivity contribution is 5.35. The van der Waals surface area contributed by atoms with Gasteiger partial charge in [0, 0.05) is 5.54 Å². The lowest BCUT2D eigenvalue weighted by Gasteiger charge is -2.46. The molecular weight excluding hydrogens is 256 g/mol. The Kier molecular flexibility index (Phi) is 6.89. The van der Waals surface area contributed by atoms with E-state index < -0.39 is 0 Å². The summed E-state index contributed by atoms with van der Waals surface area (Å²) >= 11 is 0. The van der Waals surface area contributed by atoms with Gasteiger partial charge in [-0.3, -0.25) is 0 Å². The number of aryl methyl sites for hydroxylation is 2. The van der Waals surface area contributed by atoms with Crippen LogP contribution in [-0.4, -0.2) is 31.1 Å². The first-order chi connectivity index (χ1) is 9.92. The molecule has 0 saturated heterocycles. The molecule has 2 nitrogen and oxygen atoms in total. The maximum atomic E-state index is 3.83. The summed E-state index contributed by atoms with van der Waals surface area (Å²) in [7, 11) is 4.44. The van der Waals surface area contributed by atoms with E-state index in [4.69, 9.17) is 0 Å². The van der Waals surface area contributed by atoms with Crippen molar-refractivity contribution < 1.29 is 0 Å². The summed E-state index contributed by atoms with van der Waals surface area (Å²) in [6.45, 7) is 12.3. The van der Waals surface area contributed by atoms with Crippen molar-refractivity contribution in [3.8, 4) is 0 Å². The summed E-state index contributed by atoms with van der Waals surface area (Å²) in [5.41, 5.74) is 4.35. The van der Waals surface area contributed by atoms with Crippen LogP contribution in [0.3, 0.4) is 0 Å². The van der Waals surface area contributed by atoms with E-state index in [1.165, 1.54) is 23.1 Å². The van der Waals surface area contributed by atoms with E-state index in [1.807, 2.05) is 0 Å². The van der Waals surface area contributed by atoms with Gasteiger partial charge in [0.15, 0.2) is 0 Å². The van der Waals surface area contributed by atoms with Crippen molar-refractivity contribution in [1.82, 2.24) is 10.2 Å². The zero-order chi connectivity index (χ0) is 16.0. The van der Waals surface area contributed by atoms with Crippen molar-refractivity contribution >= 4 is 0 Å². The number of likely N-dealkylation sites (N-methyl/N-ethyl adjacent to an activating group) is 1. The lowest BCUT2D eigenvalue weighted by molar-refractivity contribution is 0.0878. The van der Waals surface area contributed by atoms with E-state index in [1.54, 1.807) is 0 Å². The molecule has 1 N–H and O–H groups in total. The minimum atomic E-state index is 0.162. The minimum Gasteiger partial charge on any atom is -0.308 e. The van der Waals surface area contributed by atoms with Gasteiger partial charge in [0.25, 0.3) is 0 Å². The molecule has 2 heteroatoms. The predicted molar refractivity (Wildman–Crippen MR) is 94.0 cm³/mol. The SMILES string of the molecule is CCCNC(c1ccc(C)cc1C)C(CC)(CC)N(C)C. The van der Waals surface area contributed by atoms with Crippen LogP contribution in [0.15, 0.2) is 18.2 Å². The standard InChI is InChI=1S/C19H34N2/c1-8-13-20-18(19(9-2,10-3)21(6)7)17-12-11-15(4)14-16(17)5/h11-12,14,18,20H,8-10,13H2,1-7H3. The average molecular weight is 290 g/mol. The van der Waals surface area contributed by atoms with E-state index >= 15 is 0 Å². The van der Waals surface area contributed by atoms with Crippen molar-refractivity contribution in [2.24, 2.45) is 0 Å². The molecule has 0 aliphatic heterocycles. The highest BCUT2D eigenvalue weighted by Gasteiger charge is 2.38. The van der Waals surface area contributed by atoms with Crippen LogP contribution in [0.4, 0.5) is 0 Å². The molecule has 0 aromatic heterocycles. The fourth-order valence-corrected chi connectivity index (χ4v) is 3.58. The molecule has 0 amide bonds. The van der Waals surface area contributed by atoms with Gasteiger partial charge in [-0.25, -0.2) is 0 Å². The van der Waals surface area contributed by atoms with Gasteiger partial charge in [-0.05, 0) is 64.9 Å². The maximum absolute atomic E-state index is 3.83. The molecular formula is C19H34N2. The Morgan fingerprint density at radius 2 is 1.71 bits per heavy atom. The van der Waals surface area contributed by atoms with Gasteiger partial charge in [-0.2, -0.15) is 0 Å². The van der Waals surface area contributed by atoms with Crippen molar-refractivity contribution in [2.45, 2.75) is 65.5 Å². The summed E-state index contributed by atoms with van der Waals surface area (Å²) in [4.78, 5) is 2.42. The second-order valence-electron chi connectivity index (χ2n) is 6.45.